The number of hydrogen-bond acceptors (Lipinski definition) is 1. The van der Waals surface area contributed by atoms with Crippen molar-refractivity contribution in [1.29, 1.82) is 0 Å². The van der Waals surface area contributed by atoms with E-state index in [-0.39, 0.29) is 5.56 Å². The average Bonchev–Trinajstić information content (AvgIpc) is 1.94. The zero-order valence-electron chi connectivity index (χ0n) is 5.47. The van der Waals surface area contributed by atoms with Crippen molar-refractivity contribution in [3.63, 3.8) is 0 Å². The molecule has 0 aromatic heterocycles. The molecule has 0 saturated heterocycles. The quantitative estimate of drug-likeness (QED) is 0.769. The van der Waals surface area contributed by atoms with Crippen molar-refractivity contribution in [3.05, 3.63) is 33.1 Å². The highest BCUT2D eigenvalue weighted by Crippen LogP contribution is 2.12. The Balaban J connectivity index is 3.23. The number of amides is 1. The molecule has 2 N–H and O–H groups in total. The molecule has 0 heterocycles. The minimum absolute atomic E-state index is 0.227. The second-order valence-electron chi connectivity index (χ2n) is 1.99. The molecule has 0 unspecified atom stereocenters. The first-order chi connectivity index (χ1) is 5.11. The van der Waals surface area contributed by atoms with Gasteiger partial charge in [0.15, 0.2) is 0 Å². The Kier molecular flexibility index (Phi) is 2.43. The van der Waals surface area contributed by atoms with Crippen LogP contribution >= 0.6 is 22.6 Å². The number of benzene rings is 1. The lowest BCUT2D eigenvalue weighted by Gasteiger charge is -1.97. The van der Waals surface area contributed by atoms with Crippen LogP contribution in [-0.2, 0) is 0 Å². The van der Waals surface area contributed by atoms with Crippen LogP contribution in [0.15, 0.2) is 18.2 Å². The van der Waals surface area contributed by atoms with Gasteiger partial charge < -0.3 is 5.73 Å². The predicted molar refractivity (Wildman–Crippen MR) is 47.6 cm³/mol. The molecule has 0 saturated carbocycles. The van der Waals surface area contributed by atoms with E-state index in [1.807, 2.05) is 22.6 Å². The third-order valence-corrected chi connectivity index (χ3v) is 2.13. The highest BCUT2D eigenvalue weighted by molar-refractivity contribution is 14.1. The van der Waals surface area contributed by atoms with Crippen LogP contribution in [0.25, 0.3) is 0 Å². The molecule has 0 spiro atoms. The van der Waals surface area contributed by atoms with Gasteiger partial charge >= 0.3 is 0 Å². The van der Waals surface area contributed by atoms with E-state index >= 15 is 0 Å². The third kappa shape index (κ3) is 1.89. The van der Waals surface area contributed by atoms with E-state index in [9.17, 15) is 9.18 Å². The molecule has 1 rings (SSSR count). The van der Waals surface area contributed by atoms with E-state index < -0.39 is 11.7 Å². The fourth-order valence-electron chi connectivity index (χ4n) is 0.686. The van der Waals surface area contributed by atoms with Crippen molar-refractivity contribution in [1.82, 2.24) is 0 Å². The first-order valence-corrected chi connectivity index (χ1v) is 3.94. The van der Waals surface area contributed by atoms with Crippen LogP contribution < -0.4 is 5.73 Å². The largest absolute Gasteiger partial charge is 0.366 e. The second-order valence-corrected chi connectivity index (χ2v) is 3.15. The van der Waals surface area contributed by atoms with Gasteiger partial charge in [0, 0.05) is 3.57 Å². The molecule has 0 radical (unpaired) electrons. The van der Waals surface area contributed by atoms with E-state index in [2.05, 4.69) is 0 Å². The van der Waals surface area contributed by atoms with Gasteiger partial charge in [0.2, 0.25) is 5.91 Å². The number of halogens is 2. The molecule has 1 amide bonds. The maximum atomic E-state index is 12.5. The van der Waals surface area contributed by atoms with E-state index in [0.29, 0.717) is 3.57 Å². The summed E-state index contributed by atoms with van der Waals surface area (Å²) in [4.78, 5) is 10.6. The van der Waals surface area contributed by atoms with Crippen LogP contribution in [0.3, 0.4) is 0 Å². The molecule has 4 heteroatoms. The van der Waals surface area contributed by atoms with Crippen molar-refractivity contribution in [3.8, 4) is 0 Å². The van der Waals surface area contributed by atoms with Gasteiger partial charge in [0.1, 0.15) is 5.82 Å². The number of primary amides is 1. The van der Waals surface area contributed by atoms with Gasteiger partial charge in [0.25, 0.3) is 0 Å². The maximum absolute atomic E-state index is 12.5. The smallest absolute Gasteiger partial charge is 0.249 e. The molecule has 0 bridgehead atoms. The van der Waals surface area contributed by atoms with E-state index in [0.717, 1.165) is 6.07 Å². The molecule has 0 fully saturated rings. The number of rotatable bonds is 1. The minimum atomic E-state index is -0.603. The van der Waals surface area contributed by atoms with Crippen LogP contribution in [0.2, 0.25) is 0 Å². The Morgan fingerprint density at radius 2 is 2.18 bits per heavy atom. The molecule has 2 nitrogen and oxygen atoms in total. The van der Waals surface area contributed by atoms with Gasteiger partial charge in [0.05, 0.1) is 5.56 Å². The van der Waals surface area contributed by atoms with Crippen molar-refractivity contribution in [2.24, 2.45) is 5.73 Å². The molecule has 0 aliphatic heterocycles. The molecule has 0 aliphatic rings. The zero-order valence-corrected chi connectivity index (χ0v) is 7.63. The van der Waals surface area contributed by atoms with Crippen LogP contribution in [-0.4, -0.2) is 5.91 Å². The zero-order chi connectivity index (χ0) is 8.43. The van der Waals surface area contributed by atoms with Crippen molar-refractivity contribution in [2.45, 2.75) is 0 Å². The molecule has 1 aromatic rings. The number of carbonyl (C=O) groups is 1. The van der Waals surface area contributed by atoms with Crippen molar-refractivity contribution in [2.75, 3.05) is 0 Å². The summed E-state index contributed by atoms with van der Waals surface area (Å²) in [5, 5.41) is 0. The van der Waals surface area contributed by atoms with E-state index in [1.165, 1.54) is 12.1 Å². The van der Waals surface area contributed by atoms with Crippen LogP contribution in [0, 0.1) is 9.39 Å². The molecule has 1 aromatic carbocycles. The number of hydrogen-bond donors (Lipinski definition) is 1. The van der Waals surface area contributed by atoms with Gasteiger partial charge in [-0.05, 0) is 40.8 Å². The summed E-state index contributed by atoms with van der Waals surface area (Å²) < 4.78 is 13.2. The molecule has 58 valence electrons. The summed E-state index contributed by atoms with van der Waals surface area (Å²) in [6.45, 7) is 0. The highest BCUT2D eigenvalue weighted by Gasteiger charge is 2.05. The van der Waals surface area contributed by atoms with E-state index in [4.69, 9.17) is 5.73 Å². The fourth-order valence-corrected chi connectivity index (χ4v) is 1.29. The monoisotopic (exact) mass is 265 g/mol. The highest BCUT2D eigenvalue weighted by atomic mass is 127. The van der Waals surface area contributed by atoms with Crippen LogP contribution in [0.1, 0.15) is 10.4 Å². The minimum Gasteiger partial charge on any atom is -0.366 e. The van der Waals surface area contributed by atoms with E-state index in [1.54, 1.807) is 0 Å². The maximum Gasteiger partial charge on any atom is 0.249 e. The Morgan fingerprint density at radius 3 is 2.64 bits per heavy atom. The van der Waals surface area contributed by atoms with Gasteiger partial charge in [-0.1, -0.05) is 0 Å². The van der Waals surface area contributed by atoms with Gasteiger partial charge in [-0.15, -0.1) is 0 Å². The van der Waals surface area contributed by atoms with Gasteiger partial charge in [-0.2, -0.15) is 0 Å². The lowest BCUT2D eigenvalue weighted by molar-refractivity contribution is 0.0999. The van der Waals surface area contributed by atoms with Crippen LogP contribution in [0.5, 0.6) is 0 Å². The molecule has 0 atom stereocenters. The summed E-state index contributed by atoms with van der Waals surface area (Å²) >= 11 is 1.92. The summed E-state index contributed by atoms with van der Waals surface area (Å²) in [6.07, 6.45) is 0. The first-order valence-electron chi connectivity index (χ1n) is 2.86. The topological polar surface area (TPSA) is 43.1 Å². The fraction of sp³-hybridized carbons (Fsp3) is 0. The summed E-state index contributed by atoms with van der Waals surface area (Å²) in [7, 11) is 0. The number of carbonyl (C=O) groups excluding carboxylic acids is 1. The first kappa shape index (κ1) is 8.45. The summed E-state index contributed by atoms with van der Waals surface area (Å²) in [5.74, 6) is -1.05. The summed E-state index contributed by atoms with van der Waals surface area (Å²) in [5.41, 5.74) is 5.20. The molecular formula is C7H5FINO. The second kappa shape index (κ2) is 3.17. The standard InChI is InChI=1S/C7H5FINO/c8-4-1-2-6(9)5(3-4)7(10)11/h1-3H,(H2,10,11). The van der Waals surface area contributed by atoms with Gasteiger partial charge in [-0.3, -0.25) is 4.79 Å². The lowest BCUT2D eigenvalue weighted by atomic mass is 10.2. The third-order valence-electron chi connectivity index (χ3n) is 1.19. The average molecular weight is 265 g/mol. The Morgan fingerprint density at radius 1 is 1.55 bits per heavy atom. The Labute approximate surface area is 76.7 Å². The molecular weight excluding hydrogens is 260 g/mol. The molecule has 11 heavy (non-hydrogen) atoms. The number of nitrogens with two attached hydrogens (primary N) is 1. The van der Waals surface area contributed by atoms with Crippen molar-refractivity contribution >= 4 is 28.5 Å². The predicted octanol–water partition coefficient (Wildman–Crippen LogP) is 1.53. The van der Waals surface area contributed by atoms with Crippen LogP contribution in [0.4, 0.5) is 4.39 Å². The molecule has 0 aliphatic carbocycles. The SMILES string of the molecule is NC(=O)c1cc(F)ccc1I. The van der Waals surface area contributed by atoms with Gasteiger partial charge in [-0.25, -0.2) is 4.39 Å². The lowest BCUT2D eigenvalue weighted by Crippen LogP contribution is -2.12. The summed E-state index contributed by atoms with van der Waals surface area (Å²) in [6, 6.07) is 3.92. The van der Waals surface area contributed by atoms with Crippen molar-refractivity contribution < 1.29 is 9.18 Å². The normalized spacial score (nSPS) is 9.64. The Bertz CT molecular complexity index is 300. The Hall–Kier alpha value is -0.650.